The fraction of sp³-hybridized carbons (Fsp3) is 0.500. The second kappa shape index (κ2) is 9.26. The van der Waals surface area contributed by atoms with E-state index in [9.17, 15) is 18.0 Å². The molecule has 0 saturated heterocycles. The van der Waals surface area contributed by atoms with Gasteiger partial charge in [0.25, 0.3) is 0 Å². The largest absolute Gasteiger partial charge is 0.490 e. The van der Waals surface area contributed by atoms with E-state index in [1.54, 1.807) is 6.92 Å². The predicted octanol–water partition coefficient (Wildman–Crippen LogP) is 2.77. The third-order valence-corrected chi connectivity index (χ3v) is 3.47. The van der Waals surface area contributed by atoms with E-state index in [4.69, 9.17) is 14.6 Å². The van der Waals surface area contributed by atoms with E-state index in [0.29, 0.717) is 6.61 Å². The zero-order chi connectivity index (χ0) is 19.0. The summed E-state index contributed by atoms with van der Waals surface area (Å²) in [7, 11) is 0. The number of carbonyl (C=O) groups is 2. The van der Waals surface area contributed by atoms with Crippen LogP contribution in [0.1, 0.15) is 36.6 Å². The van der Waals surface area contributed by atoms with Gasteiger partial charge in [-0.05, 0) is 43.5 Å². The van der Waals surface area contributed by atoms with Crippen molar-refractivity contribution >= 4 is 12.1 Å². The number of carboxylic acids is 1. The molecule has 3 N–H and O–H groups in total. The third-order valence-electron chi connectivity index (χ3n) is 3.47. The number of ether oxygens (including phenoxy) is 1. The molecule has 1 aliphatic rings. The topological polar surface area (TPSA) is 87.7 Å². The molecular weight excluding hydrogens is 341 g/mol. The van der Waals surface area contributed by atoms with Crippen molar-refractivity contribution < 1.29 is 32.6 Å². The lowest BCUT2D eigenvalue weighted by Crippen LogP contribution is -2.28. The quantitative estimate of drug-likeness (QED) is 0.770. The van der Waals surface area contributed by atoms with Gasteiger partial charge in [-0.25, -0.2) is 9.59 Å². The van der Waals surface area contributed by atoms with Crippen molar-refractivity contribution in [3.63, 3.8) is 0 Å². The lowest BCUT2D eigenvalue weighted by molar-refractivity contribution is -0.192. The van der Waals surface area contributed by atoms with Crippen LogP contribution in [0.25, 0.3) is 0 Å². The second-order valence-electron chi connectivity index (χ2n) is 5.34. The van der Waals surface area contributed by atoms with Crippen LogP contribution >= 0.6 is 0 Å². The first-order valence-corrected chi connectivity index (χ1v) is 7.71. The van der Waals surface area contributed by atoms with Gasteiger partial charge in [-0.3, -0.25) is 0 Å². The molecule has 1 aliphatic heterocycles. The van der Waals surface area contributed by atoms with Crippen molar-refractivity contribution in [2.75, 3.05) is 13.2 Å². The van der Waals surface area contributed by atoms with Crippen molar-refractivity contribution in [2.45, 2.75) is 39.0 Å². The van der Waals surface area contributed by atoms with Crippen LogP contribution in [0, 0.1) is 0 Å². The van der Waals surface area contributed by atoms with Crippen LogP contribution in [0.2, 0.25) is 0 Å². The van der Waals surface area contributed by atoms with Gasteiger partial charge in [0.1, 0.15) is 0 Å². The summed E-state index contributed by atoms with van der Waals surface area (Å²) in [5.41, 5.74) is 3.86. The molecular formula is C16H21F3N2O4. The number of nitrogens with one attached hydrogen (secondary N) is 2. The molecule has 0 spiro atoms. The minimum atomic E-state index is -5.08. The summed E-state index contributed by atoms with van der Waals surface area (Å²) >= 11 is 0. The van der Waals surface area contributed by atoms with E-state index < -0.39 is 12.1 Å². The number of alkyl halides is 3. The van der Waals surface area contributed by atoms with Crippen LogP contribution < -0.4 is 10.6 Å². The first-order chi connectivity index (χ1) is 11.6. The Morgan fingerprint density at radius 3 is 2.56 bits per heavy atom. The van der Waals surface area contributed by atoms with Crippen molar-refractivity contribution in [3.8, 4) is 0 Å². The number of rotatable bonds is 3. The molecule has 0 saturated carbocycles. The van der Waals surface area contributed by atoms with Crippen molar-refractivity contribution in [2.24, 2.45) is 0 Å². The molecule has 1 aromatic rings. The third kappa shape index (κ3) is 7.00. The highest BCUT2D eigenvalue weighted by Crippen LogP contribution is 2.20. The van der Waals surface area contributed by atoms with Gasteiger partial charge in [0.15, 0.2) is 0 Å². The summed E-state index contributed by atoms with van der Waals surface area (Å²) in [6.45, 7) is 6.13. The molecule has 1 atom stereocenters. The minimum Gasteiger partial charge on any atom is -0.475 e. The number of aliphatic carboxylic acids is 1. The van der Waals surface area contributed by atoms with Gasteiger partial charge >= 0.3 is 18.2 Å². The summed E-state index contributed by atoms with van der Waals surface area (Å²) in [6.07, 6.45) is -4.39. The number of carbonyl (C=O) groups excluding carboxylic acids is 1. The fourth-order valence-electron chi connectivity index (χ4n) is 2.20. The maximum Gasteiger partial charge on any atom is 0.490 e. The standard InChI is InChI=1S/C14H20N2O2.C2HF3O2/c1-3-18-14(17)16-10(2)11-4-5-13-9-15-7-6-12(13)8-11;3-2(4,5)1(6)7/h4-5,8,10,15H,3,6-7,9H2,1-2H3,(H,16,17);(H,6,7). The van der Waals surface area contributed by atoms with Gasteiger partial charge in [-0.2, -0.15) is 13.2 Å². The van der Waals surface area contributed by atoms with Crippen molar-refractivity contribution in [1.82, 2.24) is 10.6 Å². The van der Waals surface area contributed by atoms with Crippen LogP contribution in [0.4, 0.5) is 18.0 Å². The molecule has 0 fully saturated rings. The number of benzene rings is 1. The molecule has 9 heteroatoms. The van der Waals surface area contributed by atoms with Gasteiger partial charge in [-0.1, -0.05) is 18.2 Å². The lowest BCUT2D eigenvalue weighted by Gasteiger charge is -2.20. The lowest BCUT2D eigenvalue weighted by atomic mass is 9.96. The average molecular weight is 362 g/mol. The van der Waals surface area contributed by atoms with Crippen molar-refractivity contribution in [3.05, 3.63) is 34.9 Å². The number of alkyl carbamates (subject to hydrolysis) is 1. The number of amides is 1. The van der Waals surface area contributed by atoms with Crippen molar-refractivity contribution in [1.29, 1.82) is 0 Å². The van der Waals surface area contributed by atoms with Gasteiger partial charge in [0, 0.05) is 6.54 Å². The number of hydrogen-bond acceptors (Lipinski definition) is 4. The first-order valence-electron chi connectivity index (χ1n) is 7.71. The Hall–Kier alpha value is -2.29. The van der Waals surface area contributed by atoms with Crippen LogP contribution in [0.5, 0.6) is 0 Å². The summed E-state index contributed by atoms with van der Waals surface area (Å²) in [4.78, 5) is 20.3. The average Bonchev–Trinajstić information content (AvgIpc) is 2.54. The zero-order valence-electron chi connectivity index (χ0n) is 13.9. The van der Waals surface area contributed by atoms with Gasteiger partial charge < -0.3 is 20.5 Å². The number of carboxylic acid groups (broad SMARTS) is 1. The zero-order valence-corrected chi connectivity index (χ0v) is 13.9. The number of hydrogen-bond donors (Lipinski definition) is 3. The molecule has 2 rings (SSSR count). The van der Waals surface area contributed by atoms with E-state index in [2.05, 4.69) is 28.8 Å². The first kappa shape index (κ1) is 20.8. The molecule has 140 valence electrons. The smallest absolute Gasteiger partial charge is 0.475 e. The van der Waals surface area contributed by atoms with Gasteiger partial charge in [0.05, 0.1) is 12.6 Å². The summed E-state index contributed by atoms with van der Waals surface area (Å²) in [6, 6.07) is 6.37. The Morgan fingerprint density at radius 1 is 1.36 bits per heavy atom. The van der Waals surface area contributed by atoms with E-state index in [0.717, 1.165) is 25.1 Å². The Kier molecular flexibility index (Phi) is 7.69. The Labute approximate surface area is 143 Å². The SMILES string of the molecule is CCOC(=O)NC(C)c1ccc2c(c1)CCNC2.O=C(O)C(F)(F)F. The van der Waals surface area contributed by atoms with Crippen LogP contribution in [-0.2, 0) is 22.5 Å². The summed E-state index contributed by atoms with van der Waals surface area (Å²) < 4.78 is 36.6. The van der Waals surface area contributed by atoms with E-state index >= 15 is 0 Å². The highest BCUT2D eigenvalue weighted by Gasteiger charge is 2.38. The molecule has 1 heterocycles. The Bertz CT molecular complexity index is 606. The van der Waals surface area contributed by atoms with Crippen LogP contribution in [0.15, 0.2) is 18.2 Å². The Balaban J connectivity index is 0.000000381. The maximum absolute atomic E-state index is 11.4. The molecule has 1 unspecified atom stereocenters. The van der Waals surface area contributed by atoms with E-state index in [1.165, 1.54) is 11.1 Å². The van der Waals surface area contributed by atoms with E-state index in [-0.39, 0.29) is 12.1 Å². The molecule has 1 aromatic carbocycles. The maximum atomic E-state index is 11.4. The van der Waals surface area contributed by atoms with Crippen LogP contribution in [-0.4, -0.2) is 36.5 Å². The van der Waals surface area contributed by atoms with Crippen LogP contribution in [0.3, 0.4) is 0 Å². The number of halogens is 3. The highest BCUT2D eigenvalue weighted by molar-refractivity contribution is 5.73. The minimum absolute atomic E-state index is 0.0239. The van der Waals surface area contributed by atoms with Gasteiger partial charge in [0.2, 0.25) is 0 Å². The predicted molar refractivity (Wildman–Crippen MR) is 84.1 cm³/mol. The molecule has 0 aromatic heterocycles. The Morgan fingerprint density at radius 2 is 2.00 bits per heavy atom. The molecule has 0 radical (unpaired) electrons. The summed E-state index contributed by atoms with van der Waals surface area (Å²) in [5.74, 6) is -2.76. The monoisotopic (exact) mass is 362 g/mol. The molecule has 0 bridgehead atoms. The fourth-order valence-corrected chi connectivity index (χ4v) is 2.20. The van der Waals surface area contributed by atoms with E-state index in [1.807, 2.05) is 6.92 Å². The molecule has 0 aliphatic carbocycles. The molecule has 6 nitrogen and oxygen atoms in total. The van der Waals surface area contributed by atoms with Gasteiger partial charge in [-0.15, -0.1) is 0 Å². The summed E-state index contributed by atoms with van der Waals surface area (Å²) in [5, 5.41) is 13.3. The molecule has 1 amide bonds. The number of fused-ring (bicyclic) bond motifs is 1. The normalized spacial score (nSPS) is 14.4. The molecule has 25 heavy (non-hydrogen) atoms. The highest BCUT2D eigenvalue weighted by atomic mass is 19.4. The second-order valence-corrected chi connectivity index (χ2v) is 5.34.